The van der Waals surface area contributed by atoms with Crippen LogP contribution in [0.4, 0.5) is 0 Å². The molecule has 1 unspecified atom stereocenters. The van der Waals surface area contributed by atoms with Gasteiger partial charge in [0.05, 0.1) is 12.2 Å². The van der Waals surface area contributed by atoms with Gasteiger partial charge in [0.2, 0.25) is 5.91 Å². The van der Waals surface area contributed by atoms with E-state index >= 15 is 0 Å². The Morgan fingerprint density at radius 3 is 2.53 bits per heavy atom. The Balaban J connectivity index is 1.57. The van der Waals surface area contributed by atoms with Gasteiger partial charge in [-0.15, -0.1) is 10.2 Å². The number of amides is 2. The fourth-order valence-corrected chi connectivity index (χ4v) is 4.74. The predicted octanol–water partition coefficient (Wildman–Crippen LogP) is 1.94. The van der Waals surface area contributed by atoms with Crippen molar-refractivity contribution in [2.24, 2.45) is 18.4 Å². The molecule has 0 saturated carbocycles. The summed E-state index contributed by atoms with van der Waals surface area (Å²) < 4.78 is 7.56. The van der Waals surface area contributed by atoms with Crippen LogP contribution in [-0.4, -0.2) is 69.2 Å². The van der Waals surface area contributed by atoms with Gasteiger partial charge in [-0.1, -0.05) is 26.0 Å². The number of nitrogens with zero attached hydrogens (tertiary/aromatic N) is 5. The van der Waals surface area contributed by atoms with Crippen LogP contribution in [-0.2, 0) is 11.8 Å². The lowest BCUT2D eigenvalue weighted by Crippen LogP contribution is -2.62. The van der Waals surface area contributed by atoms with E-state index in [4.69, 9.17) is 4.74 Å². The average molecular weight is 412 g/mol. The lowest BCUT2D eigenvalue weighted by Gasteiger charge is -2.50. The number of benzene rings is 1. The van der Waals surface area contributed by atoms with Crippen molar-refractivity contribution in [2.75, 3.05) is 32.8 Å². The minimum absolute atomic E-state index is 0.0324. The van der Waals surface area contributed by atoms with Gasteiger partial charge in [0.25, 0.3) is 5.91 Å². The minimum Gasteiger partial charge on any atom is -0.493 e. The highest BCUT2D eigenvalue weighted by atomic mass is 16.5. The smallest absolute Gasteiger partial charge is 0.257 e. The van der Waals surface area contributed by atoms with Crippen molar-refractivity contribution in [3.63, 3.8) is 0 Å². The molecule has 2 amide bonds. The Labute approximate surface area is 176 Å². The van der Waals surface area contributed by atoms with Gasteiger partial charge in [0.1, 0.15) is 17.9 Å². The van der Waals surface area contributed by atoms with E-state index in [2.05, 4.69) is 10.2 Å². The van der Waals surface area contributed by atoms with Crippen LogP contribution < -0.4 is 4.74 Å². The molecule has 1 spiro atoms. The number of carbonyl (C=O) groups is 2. The zero-order chi connectivity index (χ0) is 21.5. The van der Waals surface area contributed by atoms with E-state index in [0.29, 0.717) is 44.1 Å². The fourth-order valence-electron chi connectivity index (χ4n) is 4.74. The average Bonchev–Trinajstić information content (AvgIpc) is 3.29. The molecular formula is C22H29N5O3. The molecule has 2 fully saturated rings. The summed E-state index contributed by atoms with van der Waals surface area (Å²) in [6.45, 7) is 8.69. The summed E-state index contributed by atoms with van der Waals surface area (Å²) in [6, 6.07) is 7.36. The summed E-state index contributed by atoms with van der Waals surface area (Å²) in [5.74, 6) is 1.59. The van der Waals surface area contributed by atoms with Crippen LogP contribution in [0.3, 0.4) is 0 Å². The standard InChI is InChI=1S/C22H29N5O3/c1-5-30-18-9-7-6-8-16(18)21(29)27-12-22(13-27)11-26(20(28)15(2)3)10-17(22)19-24-23-14-25(19)4/h6-9,14-15,17H,5,10-13H2,1-4H3. The Kier molecular flexibility index (Phi) is 5.26. The first-order chi connectivity index (χ1) is 14.4. The number of hydrogen-bond acceptors (Lipinski definition) is 5. The second-order valence-electron chi connectivity index (χ2n) is 8.68. The summed E-state index contributed by atoms with van der Waals surface area (Å²) in [5.41, 5.74) is 0.388. The first-order valence-electron chi connectivity index (χ1n) is 10.5. The SMILES string of the molecule is CCOc1ccccc1C(=O)N1CC2(C1)CN(C(=O)C(C)C)CC2c1nncn1C. The molecule has 2 aliphatic rings. The normalized spacial score (nSPS) is 20.0. The quantitative estimate of drug-likeness (QED) is 0.751. The summed E-state index contributed by atoms with van der Waals surface area (Å²) in [7, 11) is 1.93. The van der Waals surface area contributed by atoms with E-state index in [-0.39, 0.29) is 29.1 Å². The van der Waals surface area contributed by atoms with Crippen LogP contribution >= 0.6 is 0 Å². The molecule has 2 aliphatic heterocycles. The molecule has 4 rings (SSSR count). The van der Waals surface area contributed by atoms with Crippen molar-refractivity contribution in [2.45, 2.75) is 26.7 Å². The third kappa shape index (κ3) is 3.34. The highest BCUT2D eigenvalue weighted by molar-refractivity contribution is 5.97. The minimum atomic E-state index is -0.193. The molecule has 2 saturated heterocycles. The van der Waals surface area contributed by atoms with Gasteiger partial charge < -0.3 is 19.1 Å². The topological polar surface area (TPSA) is 80.6 Å². The summed E-state index contributed by atoms with van der Waals surface area (Å²) in [6.07, 6.45) is 1.69. The number of carbonyl (C=O) groups excluding carboxylic acids is 2. The van der Waals surface area contributed by atoms with Crippen molar-refractivity contribution in [1.82, 2.24) is 24.6 Å². The highest BCUT2D eigenvalue weighted by Gasteiger charge is 2.58. The summed E-state index contributed by atoms with van der Waals surface area (Å²) in [4.78, 5) is 29.7. The number of para-hydroxylation sites is 1. The van der Waals surface area contributed by atoms with Crippen LogP contribution in [0, 0.1) is 11.3 Å². The van der Waals surface area contributed by atoms with E-state index in [1.54, 1.807) is 6.33 Å². The van der Waals surface area contributed by atoms with Gasteiger partial charge in [-0.05, 0) is 19.1 Å². The molecule has 2 aromatic rings. The van der Waals surface area contributed by atoms with Crippen LogP contribution in [0.25, 0.3) is 0 Å². The van der Waals surface area contributed by atoms with Crippen LogP contribution in [0.5, 0.6) is 5.75 Å². The molecule has 3 heterocycles. The molecule has 0 aliphatic carbocycles. The predicted molar refractivity (Wildman–Crippen MR) is 111 cm³/mol. The Bertz CT molecular complexity index is 948. The van der Waals surface area contributed by atoms with Crippen LogP contribution in [0.15, 0.2) is 30.6 Å². The maximum absolute atomic E-state index is 13.2. The van der Waals surface area contributed by atoms with E-state index < -0.39 is 0 Å². The lowest BCUT2D eigenvalue weighted by molar-refractivity contribution is -0.134. The van der Waals surface area contributed by atoms with Gasteiger partial charge in [0, 0.05) is 50.5 Å². The molecule has 0 bridgehead atoms. The maximum atomic E-state index is 13.2. The Morgan fingerprint density at radius 1 is 1.20 bits per heavy atom. The van der Waals surface area contributed by atoms with Gasteiger partial charge in [-0.2, -0.15) is 0 Å². The zero-order valence-corrected chi connectivity index (χ0v) is 18.0. The molecule has 8 heteroatoms. The molecule has 8 nitrogen and oxygen atoms in total. The lowest BCUT2D eigenvalue weighted by atomic mass is 9.71. The molecule has 0 radical (unpaired) electrons. The summed E-state index contributed by atoms with van der Waals surface area (Å²) in [5, 5.41) is 8.37. The van der Waals surface area contributed by atoms with Gasteiger partial charge >= 0.3 is 0 Å². The Morgan fingerprint density at radius 2 is 1.90 bits per heavy atom. The highest BCUT2D eigenvalue weighted by Crippen LogP contribution is 2.49. The van der Waals surface area contributed by atoms with Crippen molar-refractivity contribution in [3.05, 3.63) is 42.0 Å². The number of likely N-dealkylation sites (tertiary alicyclic amines) is 2. The van der Waals surface area contributed by atoms with Gasteiger partial charge in [-0.3, -0.25) is 9.59 Å². The molecule has 1 aromatic heterocycles. The van der Waals surface area contributed by atoms with Crippen molar-refractivity contribution in [1.29, 1.82) is 0 Å². The fraction of sp³-hybridized carbons (Fsp3) is 0.545. The van der Waals surface area contributed by atoms with E-state index in [1.165, 1.54) is 0 Å². The third-order valence-electron chi connectivity index (χ3n) is 6.23. The molecule has 30 heavy (non-hydrogen) atoms. The second kappa shape index (κ2) is 7.74. The molecule has 1 atom stereocenters. The monoisotopic (exact) mass is 411 g/mol. The molecule has 1 aromatic carbocycles. The number of aromatic nitrogens is 3. The summed E-state index contributed by atoms with van der Waals surface area (Å²) >= 11 is 0. The molecule has 160 valence electrons. The van der Waals surface area contributed by atoms with Gasteiger partial charge in [0.15, 0.2) is 0 Å². The number of aryl methyl sites for hydroxylation is 1. The van der Waals surface area contributed by atoms with Crippen LogP contribution in [0.2, 0.25) is 0 Å². The number of rotatable bonds is 5. The third-order valence-corrected chi connectivity index (χ3v) is 6.23. The van der Waals surface area contributed by atoms with Crippen molar-refractivity contribution < 1.29 is 14.3 Å². The van der Waals surface area contributed by atoms with E-state index in [9.17, 15) is 9.59 Å². The van der Waals surface area contributed by atoms with Crippen LogP contribution in [0.1, 0.15) is 42.9 Å². The van der Waals surface area contributed by atoms with Crippen molar-refractivity contribution in [3.8, 4) is 5.75 Å². The zero-order valence-electron chi connectivity index (χ0n) is 18.0. The van der Waals surface area contributed by atoms with E-state index in [1.807, 2.05) is 66.5 Å². The molecular weight excluding hydrogens is 382 g/mol. The van der Waals surface area contributed by atoms with E-state index in [0.717, 1.165) is 5.82 Å². The Hall–Kier alpha value is -2.90. The molecule has 0 N–H and O–H groups in total. The second-order valence-corrected chi connectivity index (χ2v) is 8.68. The number of hydrogen-bond donors (Lipinski definition) is 0. The maximum Gasteiger partial charge on any atom is 0.257 e. The largest absolute Gasteiger partial charge is 0.493 e. The first-order valence-corrected chi connectivity index (χ1v) is 10.5. The first kappa shape index (κ1) is 20.4. The number of ether oxygens (including phenoxy) is 1. The van der Waals surface area contributed by atoms with Gasteiger partial charge in [-0.25, -0.2) is 0 Å². The van der Waals surface area contributed by atoms with Crippen molar-refractivity contribution >= 4 is 11.8 Å².